The first kappa shape index (κ1) is 17.8. The SMILES string of the molecule is COc1ccc2sc(NC(=O)COC(=O)CN3C(=O)CCC3=O)nc2c1. The van der Waals surface area contributed by atoms with Gasteiger partial charge in [0.1, 0.15) is 12.3 Å². The highest BCUT2D eigenvalue weighted by molar-refractivity contribution is 7.22. The largest absolute Gasteiger partial charge is 0.497 e. The Morgan fingerprint density at radius 2 is 2.00 bits per heavy atom. The lowest BCUT2D eigenvalue weighted by molar-refractivity contribution is -0.153. The third-order valence-electron chi connectivity index (χ3n) is 3.65. The van der Waals surface area contributed by atoms with Crippen molar-refractivity contribution >= 4 is 50.4 Å². The van der Waals surface area contributed by atoms with Gasteiger partial charge in [0.25, 0.3) is 5.91 Å². The molecule has 0 aliphatic carbocycles. The van der Waals surface area contributed by atoms with Crippen LogP contribution in [0.5, 0.6) is 5.75 Å². The molecule has 26 heavy (non-hydrogen) atoms. The van der Waals surface area contributed by atoms with Gasteiger partial charge in [-0.2, -0.15) is 0 Å². The van der Waals surface area contributed by atoms with E-state index in [4.69, 9.17) is 9.47 Å². The average Bonchev–Trinajstić information content (AvgIpc) is 3.16. The predicted molar refractivity (Wildman–Crippen MR) is 91.7 cm³/mol. The van der Waals surface area contributed by atoms with Crippen LogP contribution in [0.1, 0.15) is 12.8 Å². The molecule has 3 rings (SSSR count). The maximum atomic E-state index is 11.9. The molecule has 0 unspecified atom stereocenters. The van der Waals surface area contributed by atoms with Crippen LogP contribution in [-0.4, -0.2) is 53.8 Å². The molecule has 0 radical (unpaired) electrons. The van der Waals surface area contributed by atoms with Crippen LogP contribution in [0.3, 0.4) is 0 Å². The van der Waals surface area contributed by atoms with Crippen LogP contribution in [0, 0.1) is 0 Å². The van der Waals surface area contributed by atoms with Crippen molar-refractivity contribution in [3.8, 4) is 5.75 Å². The number of methoxy groups -OCH3 is 1. The summed E-state index contributed by atoms with van der Waals surface area (Å²) < 4.78 is 10.8. The van der Waals surface area contributed by atoms with Gasteiger partial charge in [-0.1, -0.05) is 11.3 Å². The second-order valence-electron chi connectivity index (χ2n) is 5.44. The number of ether oxygens (including phenoxy) is 2. The minimum Gasteiger partial charge on any atom is -0.497 e. The molecule has 1 aliphatic rings. The second kappa shape index (κ2) is 7.48. The normalized spacial score (nSPS) is 14.0. The van der Waals surface area contributed by atoms with Crippen LogP contribution < -0.4 is 10.1 Å². The van der Waals surface area contributed by atoms with Gasteiger partial charge in [-0.3, -0.25) is 29.4 Å². The molecular formula is C16H15N3O6S. The monoisotopic (exact) mass is 377 g/mol. The van der Waals surface area contributed by atoms with Gasteiger partial charge in [-0.25, -0.2) is 4.98 Å². The van der Waals surface area contributed by atoms with E-state index in [0.717, 1.165) is 9.60 Å². The second-order valence-corrected chi connectivity index (χ2v) is 6.47. The van der Waals surface area contributed by atoms with E-state index in [-0.39, 0.29) is 12.8 Å². The number of anilines is 1. The lowest BCUT2D eigenvalue weighted by Crippen LogP contribution is -2.36. The van der Waals surface area contributed by atoms with Crippen LogP contribution in [0.25, 0.3) is 10.2 Å². The van der Waals surface area contributed by atoms with E-state index in [1.807, 2.05) is 6.07 Å². The zero-order valence-corrected chi connectivity index (χ0v) is 14.6. The summed E-state index contributed by atoms with van der Waals surface area (Å²) in [6, 6.07) is 5.35. The molecule has 2 heterocycles. The van der Waals surface area contributed by atoms with Crippen molar-refractivity contribution in [1.82, 2.24) is 9.88 Å². The molecule has 1 N–H and O–H groups in total. The molecule has 136 valence electrons. The molecule has 1 aromatic heterocycles. The molecule has 1 aliphatic heterocycles. The number of carbonyl (C=O) groups is 4. The van der Waals surface area contributed by atoms with Crippen molar-refractivity contribution in [2.45, 2.75) is 12.8 Å². The number of amides is 3. The summed E-state index contributed by atoms with van der Waals surface area (Å²) >= 11 is 1.27. The Morgan fingerprint density at radius 3 is 2.69 bits per heavy atom. The summed E-state index contributed by atoms with van der Waals surface area (Å²) in [4.78, 5) is 51.5. The topological polar surface area (TPSA) is 115 Å². The maximum Gasteiger partial charge on any atom is 0.326 e. The molecule has 9 nitrogen and oxygen atoms in total. The number of esters is 1. The van der Waals surface area contributed by atoms with Crippen molar-refractivity contribution < 1.29 is 28.7 Å². The number of fused-ring (bicyclic) bond motifs is 1. The van der Waals surface area contributed by atoms with E-state index in [1.165, 1.54) is 11.3 Å². The Bertz CT molecular complexity index is 877. The highest BCUT2D eigenvalue weighted by atomic mass is 32.1. The highest BCUT2D eigenvalue weighted by Crippen LogP contribution is 2.28. The number of aromatic nitrogens is 1. The van der Waals surface area contributed by atoms with E-state index < -0.39 is 36.8 Å². The number of imide groups is 1. The van der Waals surface area contributed by atoms with Crippen molar-refractivity contribution in [3.05, 3.63) is 18.2 Å². The number of hydrogen-bond donors (Lipinski definition) is 1. The predicted octanol–water partition coefficient (Wildman–Crippen LogP) is 0.936. The molecule has 0 atom stereocenters. The fourth-order valence-corrected chi connectivity index (χ4v) is 3.23. The van der Waals surface area contributed by atoms with Crippen LogP contribution in [0.2, 0.25) is 0 Å². The number of rotatable bonds is 6. The number of nitrogens with one attached hydrogen (secondary N) is 1. The number of carbonyl (C=O) groups excluding carboxylic acids is 4. The fraction of sp³-hybridized carbons (Fsp3) is 0.312. The van der Waals surface area contributed by atoms with Crippen molar-refractivity contribution in [1.29, 1.82) is 0 Å². The summed E-state index contributed by atoms with van der Waals surface area (Å²) in [6.07, 6.45) is 0.185. The Labute approximate surface area is 151 Å². The van der Waals surface area contributed by atoms with Crippen molar-refractivity contribution in [2.75, 3.05) is 25.6 Å². The van der Waals surface area contributed by atoms with E-state index in [0.29, 0.717) is 16.4 Å². The standard InChI is InChI=1S/C16H15N3O6S/c1-24-9-2-3-11-10(6-9)17-16(26-11)18-12(20)8-25-15(23)7-19-13(21)4-5-14(19)22/h2-3,6H,4-5,7-8H2,1H3,(H,17,18,20). The molecule has 1 fully saturated rings. The van der Waals surface area contributed by atoms with Gasteiger partial charge >= 0.3 is 5.97 Å². The smallest absolute Gasteiger partial charge is 0.326 e. The summed E-state index contributed by atoms with van der Waals surface area (Å²) in [5.41, 5.74) is 0.674. The lowest BCUT2D eigenvalue weighted by Gasteiger charge is -2.12. The highest BCUT2D eigenvalue weighted by Gasteiger charge is 2.31. The third kappa shape index (κ3) is 3.97. The summed E-state index contributed by atoms with van der Waals surface area (Å²) in [6.45, 7) is -1.01. The molecule has 1 aromatic carbocycles. The van der Waals surface area contributed by atoms with Crippen LogP contribution in [-0.2, 0) is 23.9 Å². The maximum absolute atomic E-state index is 11.9. The molecule has 2 aromatic rings. The van der Waals surface area contributed by atoms with Crippen molar-refractivity contribution in [2.24, 2.45) is 0 Å². The minimum absolute atomic E-state index is 0.0923. The van der Waals surface area contributed by atoms with Gasteiger partial charge in [-0.15, -0.1) is 0 Å². The molecule has 0 saturated carbocycles. The Kier molecular flexibility index (Phi) is 5.12. The number of thiazole rings is 1. The zero-order chi connectivity index (χ0) is 18.7. The van der Waals surface area contributed by atoms with E-state index >= 15 is 0 Å². The number of nitrogens with zero attached hydrogens (tertiary/aromatic N) is 2. The number of hydrogen-bond acceptors (Lipinski definition) is 8. The average molecular weight is 377 g/mol. The molecular weight excluding hydrogens is 362 g/mol. The molecule has 0 spiro atoms. The molecule has 10 heteroatoms. The van der Waals surface area contributed by atoms with Crippen LogP contribution in [0.4, 0.5) is 5.13 Å². The Hall–Kier alpha value is -3.01. The summed E-state index contributed by atoms with van der Waals surface area (Å²) in [5.74, 6) is -1.57. The summed E-state index contributed by atoms with van der Waals surface area (Å²) in [5, 5.41) is 2.90. The van der Waals surface area contributed by atoms with E-state index in [2.05, 4.69) is 10.3 Å². The first-order chi connectivity index (χ1) is 12.5. The lowest BCUT2D eigenvalue weighted by atomic mass is 10.3. The number of likely N-dealkylation sites (tertiary alicyclic amines) is 1. The van der Waals surface area contributed by atoms with Gasteiger partial charge in [-0.05, 0) is 12.1 Å². The molecule has 1 saturated heterocycles. The molecule has 3 amide bonds. The van der Waals surface area contributed by atoms with Gasteiger partial charge in [0.15, 0.2) is 11.7 Å². The van der Waals surface area contributed by atoms with E-state index in [9.17, 15) is 19.2 Å². The van der Waals surface area contributed by atoms with Gasteiger partial charge in [0, 0.05) is 18.9 Å². The number of benzene rings is 1. The van der Waals surface area contributed by atoms with Gasteiger partial charge < -0.3 is 9.47 Å². The van der Waals surface area contributed by atoms with E-state index in [1.54, 1.807) is 19.2 Å². The first-order valence-electron chi connectivity index (χ1n) is 7.69. The van der Waals surface area contributed by atoms with Crippen LogP contribution in [0.15, 0.2) is 18.2 Å². The Balaban J connectivity index is 1.51. The van der Waals surface area contributed by atoms with Gasteiger partial charge in [0.2, 0.25) is 11.8 Å². The summed E-state index contributed by atoms with van der Waals surface area (Å²) in [7, 11) is 1.55. The molecule has 0 bridgehead atoms. The quantitative estimate of drug-likeness (QED) is 0.588. The van der Waals surface area contributed by atoms with Crippen molar-refractivity contribution in [3.63, 3.8) is 0 Å². The fourth-order valence-electron chi connectivity index (χ4n) is 2.36. The van der Waals surface area contributed by atoms with Crippen LogP contribution >= 0.6 is 11.3 Å². The zero-order valence-electron chi connectivity index (χ0n) is 13.8. The minimum atomic E-state index is -0.821. The third-order valence-corrected chi connectivity index (χ3v) is 4.60. The Morgan fingerprint density at radius 1 is 1.27 bits per heavy atom. The van der Waals surface area contributed by atoms with Gasteiger partial charge in [0.05, 0.1) is 17.3 Å². The first-order valence-corrected chi connectivity index (χ1v) is 8.51.